The van der Waals surface area contributed by atoms with Gasteiger partial charge in [0.25, 0.3) is 0 Å². The van der Waals surface area contributed by atoms with Gasteiger partial charge in [-0.05, 0) is 36.4 Å². The van der Waals surface area contributed by atoms with Gasteiger partial charge in [-0.25, -0.2) is 0 Å². The fraction of sp³-hybridized carbons (Fsp3) is 0.188. The van der Waals surface area contributed by atoms with Gasteiger partial charge in [0.2, 0.25) is 5.91 Å². The summed E-state index contributed by atoms with van der Waals surface area (Å²) in [6.45, 7) is 1.48. The van der Waals surface area contributed by atoms with Crippen LogP contribution in [0.4, 0.5) is 17.1 Å². The normalized spacial score (nSPS) is 9.86. The van der Waals surface area contributed by atoms with Gasteiger partial charge in [0.15, 0.2) is 11.5 Å². The minimum absolute atomic E-state index is 0.0874. The van der Waals surface area contributed by atoms with E-state index in [1.807, 2.05) is 42.5 Å². The van der Waals surface area contributed by atoms with Crippen molar-refractivity contribution >= 4 is 23.0 Å². The number of anilines is 3. The van der Waals surface area contributed by atoms with E-state index in [4.69, 9.17) is 9.47 Å². The molecule has 0 aromatic heterocycles. The first-order chi connectivity index (χ1) is 10.1. The summed E-state index contributed by atoms with van der Waals surface area (Å²) < 4.78 is 10.5. The maximum Gasteiger partial charge on any atom is 0.221 e. The molecule has 0 unspecified atom stereocenters. The van der Waals surface area contributed by atoms with Gasteiger partial charge in [-0.2, -0.15) is 0 Å². The lowest BCUT2D eigenvalue weighted by Crippen LogP contribution is -2.05. The highest BCUT2D eigenvalue weighted by molar-refractivity contribution is 5.88. The maximum absolute atomic E-state index is 11.0. The number of carbonyl (C=O) groups is 1. The lowest BCUT2D eigenvalue weighted by Gasteiger charge is -2.11. The number of hydrogen-bond acceptors (Lipinski definition) is 4. The molecule has 0 bridgehead atoms. The van der Waals surface area contributed by atoms with Gasteiger partial charge >= 0.3 is 0 Å². The van der Waals surface area contributed by atoms with Crippen molar-refractivity contribution in [1.29, 1.82) is 0 Å². The Morgan fingerprint density at radius 1 is 0.857 bits per heavy atom. The zero-order valence-electron chi connectivity index (χ0n) is 12.3. The molecule has 0 radical (unpaired) electrons. The number of benzene rings is 2. The average molecular weight is 286 g/mol. The molecule has 2 rings (SSSR count). The van der Waals surface area contributed by atoms with Crippen LogP contribution in [-0.4, -0.2) is 20.1 Å². The summed E-state index contributed by atoms with van der Waals surface area (Å²) in [6, 6.07) is 13.1. The van der Waals surface area contributed by atoms with Gasteiger partial charge in [-0.1, -0.05) is 0 Å². The molecule has 0 fully saturated rings. The third-order valence-corrected chi connectivity index (χ3v) is 2.88. The van der Waals surface area contributed by atoms with E-state index in [2.05, 4.69) is 10.6 Å². The molecule has 2 aromatic carbocycles. The van der Waals surface area contributed by atoms with E-state index >= 15 is 0 Å². The van der Waals surface area contributed by atoms with Crippen LogP contribution in [-0.2, 0) is 4.79 Å². The Labute approximate surface area is 123 Å². The van der Waals surface area contributed by atoms with Crippen LogP contribution in [0.3, 0.4) is 0 Å². The van der Waals surface area contributed by atoms with Gasteiger partial charge in [-0.3, -0.25) is 4.79 Å². The zero-order valence-corrected chi connectivity index (χ0v) is 12.3. The van der Waals surface area contributed by atoms with Crippen LogP contribution in [0.15, 0.2) is 42.5 Å². The number of rotatable bonds is 5. The largest absolute Gasteiger partial charge is 0.493 e. The summed E-state index contributed by atoms with van der Waals surface area (Å²) in [5.74, 6) is 1.26. The molecule has 0 heterocycles. The van der Waals surface area contributed by atoms with E-state index < -0.39 is 0 Å². The van der Waals surface area contributed by atoms with Gasteiger partial charge < -0.3 is 20.1 Å². The number of methoxy groups -OCH3 is 2. The lowest BCUT2D eigenvalue weighted by molar-refractivity contribution is -0.114. The Kier molecular flexibility index (Phi) is 4.66. The Hall–Kier alpha value is -2.69. The molecule has 0 aliphatic heterocycles. The molecule has 0 aliphatic rings. The molecule has 0 saturated carbocycles. The van der Waals surface area contributed by atoms with E-state index in [0.717, 1.165) is 17.1 Å². The molecule has 110 valence electrons. The molecular weight excluding hydrogens is 268 g/mol. The molecule has 5 heteroatoms. The van der Waals surface area contributed by atoms with Gasteiger partial charge in [0, 0.05) is 30.1 Å². The van der Waals surface area contributed by atoms with Crippen LogP contribution in [0.2, 0.25) is 0 Å². The highest BCUT2D eigenvalue weighted by Crippen LogP contribution is 2.31. The Balaban J connectivity index is 2.12. The van der Waals surface area contributed by atoms with Gasteiger partial charge in [0.05, 0.1) is 14.2 Å². The minimum Gasteiger partial charge on any atom is -0.493 e. The third kappa shape index (κ3) is 3.89. The fourth-order valence-electron chi connectivity index (χ4n) is 1.92. The molecule has 5 nitrogen and oxygen atoms in total. The van der Waals surface area contributed by atoms with E-state index in [-0.39, 0.29) is 5.91 Å². The van der Waals surface area contributed by atoms with Crippen molar-refractivity contribution in [2.24, 2.45) is 0 Å². The smallest absolute Gasteiger partial charge is 0.221 e. The highest BCUT2D eigenvalue weighted by atomic mass is 16.5. The first kappa shape index (κ1) is 14.7. The second kappa shape index (κ2) is 6.65. The van der Waals surface area contributed by atoms with Crippen LogP contribution < -0.4 is 20.1 Å². The number of nitrogens with one attached hydrogen (secondary N) is 2. The molecule has 0 saturated heterocycles. The number of ether oxygens (including phenoxy) is 2. The predicted octanol–water partition coefficient (Wildman–Crippen LogP) is 3.41. The molecule has 2 N–H and O–H groups in total. The van der Waals surface area contributed by atoms with E-state index in [1.165, 1.54) is 6.92 Å². The van der Waals surface area contributed by atoms with Crippen molar-refractivity contribution in [2.45, 2.75) is 6.92 Å². The van der Waals surface area contributed by atoms with Gasteiger partial charge in [-0.15, -0.1) is 0 Å². The number of carbonyl (C=O) groups excluding carboxylic acids is 1. The topological polar surface area (TPSA) is 59.6 Å². The molecule has 2 aromatic rings. The summed E-state index contributed by atoms with van der Waals surface area (Å²) in [6.07, 6.45) is 0. The van der Waals surface area contributed by atoms with Crippen LogP contribution in [0.1, 0.15) is 6.92 Å². The SMILES string of the molecule is COc1ccc(Nc2ccc(NC(C)=O)cc2)cc1OC. The monoisotopic (exact) mass is 286 g/mol. The van der Waals surface area contributed by atoms with Crippen LogP contribution in [0.5, 0.6) is 11.5 Å². The molecule has 0 atom stereocenters. The van der Waals surface area contributed by atoms with Crippen molar-refractivity contribution in [2.75, 3.05) is 24.9 Å². The highest BCUT2D eigenvalue weighted by Gasteiger charge is 2.04. The second-order valence-electron chi connectivity index (χ2n) is 4.45. The summed E-state index contributed by atoms with van der Waals surface area (Å²) in [7, 11) is 3.20. The van der Waals surface area contributed by atoms with Gasteiger partial charge in [0.1, 0.15) is 0 Å². The summed E-state index contributed by atoms with van der Waals surface area (Å²) in [4.78, 5) is 11.0. The van der Waals surface area contributed by atoms with Crippen LogP contribution in [0.25, 0.3) is 0 Å². The van der Waals surface area contributed by atoms with Crippen molar-refractivity contribution in [3.8, 4) is 11.5 Å². The van der Waals surface area contributed by atoms with Crippen molar-refractivity contribution < 1.29 is 14.3 Å². The molecule has 1 amide bonds. The number of amides is 1. The van der Waals surface area contributed by atoms with Crippen molar-refractivity contribution in [3.05, 3.63) is 42.5 Å². The predicted molar refractivity (Wildman–Crippen MR) is 83.6 cm³/mol. The van der Waals surface area contributed by atoms with Crippen LogP contribution >= 0.6 is 0 Å². The molecule has 21 heavy (non-hydrogen) atoms. The maximum atomic E-state index is 11.0. The summed E-state index contributed by atoms with van der Waals surface area (Å²) in [5.41, 5.74) is 2.57. The fourth-order valence-corrected chi connectivity index (χ4v) is 1.92. The molecule has 0 spiro atoms. The van der Waals surface area contributed by atoms with Crippen molar-refractivity contribution in [1.82, 2.24) is 0 Å². The molecule has 0 aliphatic carbocycles. The average Bonchev–Trinajstić information content (AvgIpc) is 2.48. The van der Waals surface area contributed by atoms with Crippen LogP contribution in [0, 0.1) is 0 Å². The Bertz CT molecular complexity index is 624. The first-order valence-corrected chi connectivity index (χ1v) is 6.49. The number of hydrogen-bond donors (Lipinski definition) is 2. The van der Waals surface area contributed by atoms with E-state index in [0.29, 0.717) is 11.5 Å². The minimum atomic E-state index is -0.0874. The lowest BCUT2D eigenvalue weighted by atomic mass is 10.2. The summed E-state index contributed by atoms with van der Waals surface area (Å²) in [5, 5.41) is 5.99. The standard InChI is InChI=1S/C16H18N2O3/c1-11(19)17-12-4-6-13(7-5-12)18-14-8-9-15(20-2)16(10-14)21-3/h4-10,18H,1-3H3,(H,17,19). The summed E-state index contributed by atoms with van der Waals surface area (Å²) >= 11 is 0. The van der Waals surface area contributed by atoms with E-state index in [9.17, 15) is 4.79 Å². The second-order valence-corrected chi connectivity index (χ2v) is 4.45. The third-order valence-electron chi connectivity index (χ3n) is 2.88. The Morgan fingerprint density at radius 3 is 2.00 bits per heavy atom. The Morgan fingerprint density at radius 2 is 1.43 bits per heavy atom. The quantitative estimate of drug-likeness (QED) is 0.884. The molecular formula is C16H18N2O3. The zero-order chi connectivity index (χ0) is 15.2. The van der Waals surface area contributed by atoms with Crippen molar-refractivity contribution in [3.63, 3.8) is 0 Å². The first-order valence-electron chi connectivity index (χ1n) is 6.49. The van der Waals surface area contributed by atoms with E-state index in [1.54, 1.807) is 14.2 Å².